The molecule has 1 aromatic heterocycles. The average molecular weight is 250 g/mol. The molecular weight excluding hydrogens is 239 g/mol. The van der Waals surface area contributed by atoms with Crippen molar-refractivity contribution in [3.63, 3.8) is 0 Å². The highest BCUT2D eigenvalue weighted by Crippen LogP contribution is 2.18. The van der Waals surface area contributed by atoms with Gasteiger partial charge in [-0.15, -0.1) is 0 Å². The second-order valence-corrected chi connectivity index (χ2v) is 3.92. The normalized spacial score (nSPS) is 12.3. The van der Waals surface area contributed by atoms with Gasteiger partial charge in [0.1, 0.15) is 17.6 Å². The molecule has 3 N–H and O–H groups in total. The van der Waals surface area contributed by atoms with Crippen LogP contribution in [0.15, 0.2) is 24.3 Å². The van der Waals surface area contributed by atoms with E-state index in [1.54, 1.807) is 6.07 Å². The van der Waals surface area contributed by atoms with Gasteiger partial charge in [-0.3, -0.25) is 9.59 Å². The SMILES string of the molecule is C[C@H](NC(=O)c1cc2cccc(F)c2[nH]1)C(=O)O. The first-order valence-electron chi connectivity index (χ1n) is 5.30. The minimum Gasteiger partial charge on any atom is -0.480 e. The van der Waals surface area contributed by atoms with E-state index in [4.69, 9.17) is 5.11 Å². The fourth-order valence-corrected chi connectivity index (χ4v) is 1.58. The summed E-state index contributed by atoms with van der Waals surface area (Å²) >= 11 is 0. The Morgan fingerprint density at radius 2 is 2.17 bits per heavy atom. The number of carbonyl (C=O) groups is 2. The largest absolute Gasteiger partial charge is 0.480 e. The summed E-state index contributed by atoms with van der Waals surface area (Å²) in [5, 5.41) is 11.5. The predicted molar refractivity (Wildman–Crippen MR) is 62.8 cm³/mol. The van der Waals surface area contributed by atoms with Crippen molar-refractivity contribution in [1.29, 1.82) is 0 Å². The van der Waals surface area contributed by atoms with E-state index in [0.29, 0.717) is 5.39 Å². The molecule has 0 aliphatic carbocycles. The molecule has 0 aliphatic heterocycles. The number of hydrogen-bond acceptors (Lipinski definition) is 2. The van der Waals surface area contributed by atoms with Gasteiger partial charge in [-0.25, -0.2) is 4.39 Å². The van der Waals surface area contributed by atoms with Crippen molar-refractivity contribution in [3.8, 4) is 0 Å². The van der Waals surface area contributed by atoms with Gasteiger partial charge in [-0.2, -0.15) is 0 Å². The molecule has 0 saturated carbocycles. The van der Waals surface area contributed by atoms with E-state index in [-0.39, 0.29) is 11.2 Å². The fraction of sp³-hybridized carbons (Fsp3) is 0.167. The van der Waals surface area contributed by atoms with E-state index >= 15 is 0 Å². The van der Waals surface area contributed by atoms with E-state index in [0.717, 1.165) is 0 Å². The van der Waals surface area contributed by atoms with Gasteiger partial charge in [0.15, 0.2) is 0 Å². The van der Waals surface area contributed by atoms with Crippen LogP contribution in [0.4, 0.5) is 4.39 Å². The number of aromatic nitrogens is 1. The van der Waals surface area contributed by atoms with Crippen LogP contribution < -0.4 is 5.32 Å². The molecule has 94 valence electrons. The molecule has 6 heteroatoms. The highest BCUT2D eigenvalue weighted by Gasteiger charge is 2.17. The summed E-state index contributed by atoms with van der Waals surface area (Å²) in [5.74, 6) is -2.18. The lowest BCUT2D eigenvalue weighted by Crippen LogP contribution is -2.38. The monoisotopic (exact) mass is 250 g/mol. The number of rotatable bonds is 3. The number of aliphatic carboxylic acids is 1. The Morgan fingerprint density at radius 1 is 1.44 bits per heavy atom. The Hall–Kier alpha value is -2.37. The van der Waals surface area contributed by atoms with Crippen molar-refractivity contribution in [2.24, 2.45) is 0 Å². The summed E-state index contributed by atoms with van der Waals surface area (Å²) in [5.41, 5.74) is 0.355. The third-order valence-corrected chi connectivity index (χ3v) is 2.57. The smallest absolute Gasteiger partial charge is 0.325 e. The van der Waals surface area contributed by atoms with E-state index in [1.807, 2.05) is 0 Å². The Balaban J connectivity index is 2.29. The Kier molecular flexibility index (Phi) is 3.01. The fourth-order valence-electron chi connectivity index (χ4n) is 1.58. The zero-order valence-corrected chi connectivity index (χ0v) is 9.53. The van der Waals surface area contributed by atoms with Crippen molar-refractivity contribution < 1.29 is 19.1 Å². The lowest BCUT2D eigenvalue weighted by Gasteiger charge is -2.07. The van der Waals surface area contributed by atoms with Crippen LogP contribution in [-0.2, 0) is 4.79 Å². The van der Waals surface area contributed by atoms with Crippen LogP contribution in [-0.4, -0.2) is 28.0 Å². The lowest BCUT2D eigenvalue weighted by molar-refractivity contribution is -0.138. The first-order chi connectivity index (χ1) is 8.49. The predicted octanol–water partition coefficient (Wildman–Crippen LogP) is 1.51. The molecule has 2 rings (SSSR count). The number of aromatic amines is 1. The molecule has 1 amide bonds. The topological polar surface area (TPSA) is 82.2 Å². The molecule has 1 heterocycles. The second kappa shape index (κ2) is 4.48. The maximum absolute atomic E-state index is 13.4. The maximum Gasteiger partial charge on any atom is 0.325 e. The molecule has 2 aromatic rings. The van der Waals surface area contributed by atoms with Crippen LogP contribution in [0.5, 0.6) is 0 Å². The Morgan fingerprint density at radius 3 is 2.78 bits per heavy atom. The third-order valence-electron chi connectivity index (χ3n) is 2.57. The summed E-state index contributed by atoms with van der Waals surface area (Å²) in [6, 6.07) is 4.94. The summed E-state index contributed by atoms with van der Waals surface area (Å²) in [6.45, 7) is 1.35. The standard InChI is InChI=1S/C12H11FN2O3/c1-6(12(17)18)14-11(16)9-5-7-3-2-4-8(13)10(7)15-9/h2-6,15H,1H3,(H,14,16)(H,17,18)/t6-/m0/s1. The first-order valence-corrected chi connectivity index (χ1v) is 5.30. The van der Waals surface area contributed by atoms with Gasteiger partial charge in [-0.05, 0) is 19.1 Å². The van der Waals surface area contributed by atoms with Crippen LogP contribution in [0.2, 0.25) is 0 Å². The van der Waals surface area contributed by atoms with E-state index in [9.17, 15) is 14.0 Å². The number of carbonyl (C=O) groups excluding carboxylic acids is 1. The summed E-state index contributed by atoms with van der Waals surface area (Å²) < 4.78 is 13.4. The van der Waals surface area contributed by atoms with Crippen molar-refractivity contribution in [3.05, 3.63) is 35.8 Å². The average Bonchev–Trinajstić information content (AvgIpc) is 2.74. The summed E-state index contributed by atoms with van der Waals surface area (Å²) in [7, 11) is 0. The lowest BCUT2D eigenvalue weighted by atomic mass is 10.2. The number of fused-ring (bicyclic) bond motifs is 1. The number of benzene rings is 1. The number of halogens is 1. The highest BCUT2D eigenvalue weighted by atomic mass is 19.1. The molecule has 0 radical (unpaired) electrons. The summed E-state index contributed by atoms with van der Waals surface area (Å²) in [6.07, 6.45) is 0. The number of hydrogen-bond donors (Lipinski definition) is 3. The molecule has 0 fully saturated rings. The number of carboxylic acids is 1. The van der Waals surface area contributed by atoms with Gasteiger partial charge < -0.3 is 15.4 Å². The van der Waals surface area contributed by atoms with Crippen LogP contribution in [0.1, 0.15) is 17.4 Å². The molecule has 5 nitrogen and oxygen atoms in total. The van der Waals surface area contributed by atoms with Crippen molar-refractivity contribution >= 4 is 22.8 Å². The molecule has 18 heavy (non-hydrogen) atoms. The van der Waals surface area contributed by atoms with Gasteiger partial charge >= 0.3 is 5.97 Å². The van der Waals surface area contributed by atoms with Crippen molar-refractivity contribution in [2.45, 2.75) is 13.0 Å². The third kappa shape index (κ3) is 2.17. The number of para-hydroxylation sites is 1. The second-order valence-electron chi connectivity index (χ2n) is 3.92. The minimum absolute atomic E-state index is 0.128. The van der Waals surface area contributed by atoms with Gasteiger partial charge in [0.25, 0.3) is 5.91 Å². The van der Waals surface area contributed by atoms with E-state index in [2.05, 4.69) is 10.3 Å². The molecule has 0 spiro atoms. The van der Waals surface area contributed by atoms with Gasteiger partial charge in [0.2, 0.25) is 0 Å². The number of amides is 1. The molecule has 0 unspecified atom stereocenters. The van der Waals surface area contributed by atoms with Gasteiger partial charge in [0.05, 0.1) is 5.52 Å². The van der Waals surface area contributed by atoms with Crippen LogP contribution in [0.3, 0.4) is 0 Å². The molecule has 1 aromatic carbocycles. The van der Waals surface area contributed by atoms with Crippen LogP contribution in [0.25, 0.3) is 10.9 Å². The van der Waals surface area contributed by atoms with Crippen molar-refractivity contribution in [2.75, 3.05) is 0 Å². The molecule has 0 bridgehead atoms. The molecule has 0 saturated heterocycles. The zero-order valence-electron chi connectivity index (χ0n) is 9.53. The number of carboxylic acid groups (broad SMARTS) is 1. The molecule has 1 atom stereocenters. The first kappa shape index (κ1) is 12.1. The van der Waals surface area contributed by atoms with Gasteiger partial charge in [-0.1, -0.05) is 12.1 Å². The minimum atomic E-state index is -1.13. The zero-order chi connectivity index (χ0) is 13.3. The van der Waals surface area contributed by atoms with E-state index < -0.39 is 23.7 Å². The Labute approximate surface area is 102 Å². The van der Waals surface area contributed by atoms with Crippen molar-refractivity contribution in [1.82, 2.24) is 10.3 Å². The van der Waals surface area contributed by atoms with Crippen LogP contribution in [0, 0.1) is 5.82 Å². The van der Waals surface area contributed by atoms with Crippen LogP contribution >= 0.6 is 0 Å². The highest BCUT2D eigenvalue weighted by molar-refractivity contribution is 5.99. The van der Waals surface area contributed by atoms with Gasteiger partial charge in [0, 0.05) is 5.39 Å². The maximum atomic E-state index is 13.4. The Bertz CT molecular complexity index is 621. The quantitative estimate of drug-likeness (QED) is 0.772. The molecular formula is C12H11FN2O3. The van der Waals surface area contributed by atoms with E-state index in [1.165, 1.54) is 25.1 Å². The number of nitrogens with one attached hydrogen (secondary N) is 2. The molecule has 0 aliphatic rings. The summed E-state index contributed by atoms with van der Waals surface area (Å²) in [4.78, 5) is 24.9. The number of H-pyrrole nitrogens is 1.